The standard InChI is InChI=1S/C23H25N3O3S/c1-15(17-7-8-17)25(13-16-5-3-2-4-6-16)20(27)14-26-21(28)23(24-22(26)29)11-9-19-18(23)10-12-30-19/h2-6,10,12,15,17H,7-9,11,13-14H2,1H3,(H,24,29). The number of thiophene rings is 1. The van der Waals surface area contributed by atoms with Crippen LogP contribution in [0.1, 0.15) is 42.2 Å². The Morgan fingerprint density at radius 3 is 2.77 bits per heavy atom. The summed E-state index contributed by atoms with van der Waals surface area (Å²) in [6.45, 7) is 2.34. The zero-order chi connectivity index (χ0) is 20.9. The molecule has 6 nitrogen and oxygen atoms in total. The number of hydrogen-bond donors (Lipinski definition) is 1. The Kier molecular flexibility index (Phi) is 4.65. The molecule has 2 unspecified atom stereocenters. The van der Waals surface area contributed by atoms with E-state index in [-0.39, 0.29) is 24.4 Å². The van der Waals surface area contributed by atoms with E-state index in [2.05, 4.69) is 12.2 Å². The fourth-order valence-electron chi connectivity index (χ4n) is 4.77. The summed E-state index contributed by atoms with van der Waals surface area (Å²) in [7, 11) is 0. The van der Waals surface area contributed by atoms with E-state index in [9.17, 15) is 14.4 Å². The van der Waals surface area contributed by atoms with Crippen molar-refractivity contribution < 1.29 is 14.4 Å². The summed E-state index contributed by atoms with van der Waals surface area (Å²) in [5, 5.41) is 4.86. The van der Waals surface area contributed by atoms with E-state index in [1.807, 2.05) is 46.7 Å². The molecule has 0 bridgehead atoms. The molecule has 30 heavy (non-hydrogen) atoms. The summed E-state index contributed by atoms with van der Waals surface area (Å²) in [5.41, 5.74) is 0.956. The molecule has 2 heterocycles. The minimum absolute atomic E-state index is 0.0855. The van der Waals surface area contributed by atoms with E-state index in [1.54, 1.807) is 11.3 Å². The first-order valence-electron chi connectivity index (χ1n) is 10.5. The van der Waals surface area contributed by atoms with E-state index in [4.69, 9.17) is 0 Å². The van der Waals surface area contributed by atoms with Gasteiger partial charge in [-0.15, -0.1) is 11.3 Å². The molecule has 2 atom stereocenters. The second kappa shape index (κ2) is 7.23. The van der Waals surface area contributed by atoms with Crippen LogP contribution in [0.4, 0.5) is 4.79 Å². The lowest BCUT2D eigenvalue weighted by molar-refractivity contribution is -0.141. The van der Waals surface area contributed by atoms with Crippen LogP contribution in [0.15, 0.2) is 41.8 Å². The average molecular weight is 424 g/mol. The van der Waals surface area contributed by atoms with Crippen LogP contribution < -0.4 is 5.32 Å². The zero-order valence-corrected chi connectivity index (χ0v) is 17.8. The molecule has 2 aromatic rings. The van der Waals surface area contributed by atoms with Crippen molar-refractivity contribution in [2.45, 2.75) is 50.7 Å². The number of hydrogen-bond acceptors (Lipinski definition) is 4. The van der Waals surface area contributed by atoms with Crippen molar-refractivity contribution in [1.82, 2.24) is 15.1 Å². The lowest BCUT2D eigenvalue weighted by atomic mass is 9.93. The number of rotatable bonds is 6. The number of fused-ring (bicyclic) bond motifs is 2. The molecular formula is C23H25N3O3S. The number of urea groups is 1. The minimum Gasteiger partial charge on any atom is -0.334 e. The van der Waals surface area contributed by atoms with Crippen LogP contribution in [0.2, 0.25) is 0 Å². The number of nitrogens with zero attached hydrogens (tertiary/aromatic N) is 2. The quantitative estimate of drug-likeness (QED) is 0.725. The molecule has 1 N–H and O–H groups in total. The van der Waals surface area contributed by atoms with Crippen LogP contribution >= 0.6 is 11.3 Å². The third-order valence-electron chi connectivity index (χ3n) is 6.71. The molecule has 1 aromatic carbocycles. The molecule has 1 saturated carbocycles. The Morgan fingerprint density at radius 1 is 1.27 bits per heavy atom. The molecule has 3 aliphatic rings. The summed E-state index contributed by atoms with van der Waals surface area (Å²) in [4.78, 5) is 43.5. The van der Waals surface area contributed by atoms with Gasteiger partial charge in [0.05, 0.1) is 0 Å². The Bertz CT molecular complexity index is 1000. The van der Waals surface area contributed by atoms with Gasteiger partial charge in [-0.1, -0.05) is 30.3 Å². The van der Waals surface area contributed by atoms with Crippen LogP contribution in [-0.4, -0.2) is 40.2 Å². The molecule has 5 rings (SSSR count). The van der Waals surface area contributed by atoms with Crippen molar-refractivity contribution in [3.63, 3.8) is 0 Å². The Hall–Kier alpha value is -2.67. The van der Waals surface area contributed by atoms with E-state index in [0.29, 0.717) is 18.9 Å². The molecular weight excluding hydrogens is 398 g/mol. The van der Waals surface area contributed by atoms with Gasteiger partial charge in [-0.3, -0.25) is 14.5 Å². The maximum absolute atomic E-state index is 13.3. The van der Waals surface area contributed by atoms with Crippen LogP contribution in [-0.2, 0) is 28.1 Å². The first kappa shape index (κ1) is 19.3. The number of nitrogens with one attached hydrogen (secondary N) is 1. The third-order valence-corrected chi connectivity index (χ3v) is 7.69. The van der Waals surface area contributed by atoms with Gasteiger partial charge >= 0.3 is 6.03 Å². The van der Waals surface area contributed by atoms with Gasteiger partial charge in [0.2, 0.25) is 5.91 Å². The highest BCUT2D eigenvalue weighted by Gasteiger charge is 2.56. The van der Waals surface area contributed by atoms with Crippen molar-refractivity contribution in [2.75, 3.05) is 6.54 Å². The monoisotopic (exact) mass is 423 g/mol. The van der Waals surface area contributed by atoms with Gasteiger partial charge in [0.15, 0.2) is 0 Å². The molecule has 1 aliphatic heterocycles. The highest BCUT2D eigenvalue weighted by molar-refractivity contribution is 7.10. The predicted octanol–water partition coefficient (Wildman–Crippen LogP) is 3.27. The largest absolute Gasteiger partial charge is 0.334 e. The fourth-order valence-corrected chi connectivity index (χ4v) is 5.73. The summed E-state index contributed by atoms with van der Waals surface area (Å²) in [5.74, 6) is 0.0226. The van der Waals surface area contributed by atoms with Gasteiger partial charge in [0, 0.05) is 23.0 Å². The first-order chi connectivity index (χ1) is 14.5. The Labute approximate surface area is 179 Å². The van der Waals surface area contributed by atoms with Crippen LogP contribution in [0.25, 0.3) is 0 Å². The predicted molar refractivity (Wildman–Crippen MR) is 114 cm³/mol. The van der Waals surface area contributed by atoms with Gasteiger partial charge < -0.3 is 10.2 Å². The molecule has 4 amide bonds. The molecule has 2 aliphatic carbocycles. The maximum atomic E-state index is 13.3. The fraction of sp³-hybridized carbons (Fsp3) is 0.435. The van der Waals surface area contributed by atoms with E-state index in [0.717, 1.165) is 40.2 Å². The maximum Gasteiger partial charge on any atom is 0.325 e. The van der Waals surface area contributed by atoms with E-state index < -0.39 is 11.6 Å². The van der Waals surface area contributed by atoms with E-state index in [1.165, 1.54) is 0 Å². The molecule has 1 saturated heterocycles. The lowest BCUT2D eigenvalue weighted by Crippen LogP contribution is -2.47. The second-order valence-corrected chi connectivity index (χ2v) is 9.57. The van der Waals surface area contributed by atoms with Crippen molar-refractivity contribution in [1.29, 1.82) is 0 Å². The molecule has 0 radical (unpaired) electrons. The first-order valence-corrected chi connectivity index (χ1v) is 11.4. The molecule has 7 heteroatoms. The summed E-state index contributed by atoms with van der Waals surface area (Å²) in [6, 6.07) is 11.4. The van der Waals surface area contributed by atoms with Crippen molar-refractivity contribution in [3.8, 4) is 0 Å². The number of carbonyl (C=O) groups is 3. The molecule has 1 spiro atoms. The van der Waals surface area contributed by atoms with Crippen molar-refractivity contribution >= 4 is 29.2 Å². The summed E-state index contributed by atoms with van der Waals surface area (Å²) >= 11 is 1.61. The van der Waals surface area contributed by atoms with Crippen molar-refractivity contribution in [2.24, 2.45) is 5.92 Å². The van der Waals surface area contributed by atoms with Crippen LogP contribution in [0, 0.1) is 5.92 Å². The smallest absolute Gasteiger partial charge is 0.325 e. The van der Waals surface area contributed by atoms with Gasteiger partial charge in [0.1, 0.15) is 12.1 Å². The number of imide groups is 1. The summed E-state index contributed by atoms with van der Waals surface area (Å²) < 4.78 is 0. The minimum atomic E-state index is -0.987. The Morgan fingerprint density at radius 2 is 2.03 bits per heavy atom. The molecule has 2 fully saturated rings. The van der Waals surface area contributed by atoms with Crippen LogP contribution in [0.3, 0.4) is 0 Å². The van der Waals surface area contributed by atoms with Gasteiger partial charge in [-0.05, 0) is 55.5 Å². The highest BCUT2D eigenvalue weighted by Crippen LogP contribution is 2.43. The SMILES string of the molecule is CC(C1CC1)N(Cc1ccccc1)C(=O)CN1C(=O)NC2(CCc3sccc32)C1=O. The summed E-state index contributed by atoms with van der Waals surface area (Å²) in [6.07, 6.45) is 3.58. The second-order valence-electron chi connectivity index (χ2n) is 8.57. The highest BCUT2D eigenvalue weighted by atomic mass is 32.1. The normalized spacial score (nSPS) is 23.6. The van der Waals surface area contributed by atoms with Crippen molar-refractivity contribution in [3.05, 3.63) is 57.8 Å². The number of benzene rings is 1. The zero-order valence-electron chi connectivity index (χ0n) is 17.0. The molecule has 1 aromatic heterocycles. The lowest BCUT2D eigenvalue weighted by Gasteiger charge is -2.31. The molecule has 156 valence electrons. The van der Waals surface area contributed by atoms with Gasteiger partial charge in [0.25, 0.3) is 5.91 Å². The van der Waals surface area contributed by atoms with Crippen LogP contribution in [0.5, 0.6) is 0 Å². The Balaban J connectivity index is 1.36. The van der Waals surface area contributed by atoms with Gasteiger partial charge in [-0.25, -0.2) is 4.79 Å². The number of carbonyl (C=O) groups excluding carboxylic acids is 3. The average Bonchev–Trinajstić information content (AvgIpc) is 3.32. The number of amides is 4. The third kappa shape index (κ3) is 3.12. The topological polar surface area (TPSA) is 69.7 Å². The van der Waals surface area contributed by atoms with E-state index >= 15 is 0 Å². The number of aryl methyl sites for hydroxylation is 1. The van der Waals surface area contributed by atoms with Gasteiger partial charge in [-0.2, -0.15) is 0 Å².